The Labute approximate surface area is 191 Å². The number of hydrogen-bond donors (Lipinski definition) is 1. The zero-order valence-corrected chi connectivity index (χ0v) is 19.1. The predicted octanol–water partition coefficient (Wildman–Crippen LogP) is 4.43. The molecule has 2 saturated heterocycles. The lowest BCUT2D eigenvalue weighted by Crippen LogP contribution is -2.48. The fourth-order valence-corrected chi connectivity index (χ4v) is 4.98. The molecule has 2 aliphatic rings. The van der Waals surface area contributed by atoms with E-state index in [4.69, 9.17) is 25.8 Å². The van der Waals surface area contributed by atoms with Crippen LogP contribution in [0.15, 0.2) is 16.7 Å². The van der Waals surface area contributed by atoms with Gasteiger partial charge in [-0.1, -0.05) is 16.8 Å². The van der Waals surface area contributed by atoms with E-state index in [1.54, 1.807) is 13.0 Å². The topological polar surface area (TPSA) is 76.3 Å². The van der Waals surface area contributed by atoms with Crippen LogP contribution in [0.1, 0.15) is 37.1 Å². The maximum atomic E-state index is 14.8. The number of nitrogens with zero attached hydrogens (tertiary/aromatic N) is 4. The minimum absolute atomic E-state index is 0.307. The normalized spacial score (nSPS) is 20.2. The van der Waals surface area contributed by atoms with Crippen LogP contribution in [0.5, 0.6) is 0 Å². The number of fused-ring (bicyclic) bond motifs is 1. The number of nitrogens with one attached hydrogen (secondary N) is 1. The van der Waals surface area contributed by atoms with Crippen molar-refractivity contribution in [3.8, 4) is 11.5 Å². The van der Waals surface area contributed by atoms with Gasteiger partial charge in [0.1, 0.15) is 11.3 Å². The highest BCUT2D eigenvalue weighted by Crippen LogP contribution is 2.38. The maximum Gasteiger partial charge on any atom is 0.261 e. The summed E-state index contributed by atoms with van der Waals surface area (Å²) in [6, 6.07) is 3.90. The molecule has 0 radical (unpaired) electrons. The summed E-state index contributed by atoms with van der Waals surface area (Å²) in [5, 5.41) is 8.69. The lowest BCUT2D eigenvalue weighted by molar-refractivity contribution is 0.0650. The number of ether oxygens (including phenoxy) is 1. The summed E-state index contributed by atoms with van der Waals surface area (Å²) < 4.78 is 25.9. The molecule has 1 atom stereocenters. The first-order valence-corrected chi connectivity index (χ1v) is 11.6. The Balaban J connectivity index is 1.47. The van der Waals surface area contributed by atoms with E-state index in [1.165, 1.54) is 6.07 Å². The molecule has 0 saturated carbocycles. The van der Waals surface area contributed by atoms with E-state index < -0.39 is 5.82 Å². The van der Waals surface area contributed by atoms with Crippen LogP contribution in [0.3, 0.4) is 0 Å². The van der Waals surface area contributed by atoms with Gasteiger partial charge in [0, 0.05) is 42.2 Å². The molecule has 3 aromatic rings. The van der Waals surface area contributed by atoms with Gasteiger partial charge in [-0.05, 0) is 57.2 Å². The Bertz CT molecular complexity index is 1120. The first-order chi connectivity index (χ1) is 15.5. The third kappa shape index (κ3) is 4.19. The molecule has 5 rings (SSSR count). The van der Waals surface area contributed by atoms with Gasteiger partial charge in [-0.3, -0.25) is 0 Å². The fourth-order valence-electron chi connectivity index (χ4n) is 4.78. The summed E-state index contributed by atoms with van der Waals surface area (Å²) in [4.78, 5) is 11.4. The van der Waals surface area contributed by atoms with Crippen molar-refractivity contribution in [2.75, 3.05) is 31.2 Å². The summed E-state index contributed by atoms with van der Waals surface area (Å²) in [5.41, 5.74) is 1.88. The SMILES string of the molecule is Cc1noc(-c2c(N3CCC(NC4CCCOC4)CC3)nc3c(F)cc(Cl)cc3c2C)n1. The van der Waals surface area contributed by atoms with Crippen LogP contribution in [0.2, 0.25) is 5.02 Å². The van der Waals surface area contributed by atoms with E-state index in [0.717, 1.165) is 63.1 Å². The second-order valence-corrected chi connectivity index (χ2v) is 9.14. The first-order valence-electron chi connectivity index (χ1n) is 11.2. The summed E-state index contributed by atoms with van der Waals surface area (Å²) in [6.07, 6.45) is 4.22. The average Bonchev–Trinajstić information content (AvgIpc) is 3.21. The zero-order chi connectivity index (χ0) is 22.2. The molecule has 2 aliphatic heterocycles. The minimum Gasteiger partial charge on any atom is -0.380 e. The molecule has 2 fully saturated rings. The second kappa shape index (κ2) is 8.92. The Morgan fingerprint density at radius 1 is 1.12 bits per heavy atom. The molecular weight excluding hydrogens is 433 g/mol. The number of piperidine rings is 1. The smallest absolute Gasteiger partial charge is 0.261 e. The Hall–Kier alpha value is -2.29. The average molecular weight is 460 g/mol. The van der Waals surface area contributed by atoms with Crippen molar-refractivity contribution in [1.29, 1.82) is 0 Å². The summed E-state index contributed by atoms with van der Waals surface area (Å²) in [7, 11) is 0. The molecule has 9 heteroatoms. The number of aryl methyl sites for hydroxylation is 2. The number of aromatic nitrogens is 3. The third-order valence-corrected chi connectivity index (χ3v) is 6.63. The van der Waals surface area contributed by atoms with Crippen molar-refractivity contribution < 1.29 is 13.7 Å². The quantitative estimate of drug-likeness (QED) is 0.618. The van der Waals surface area contributed by atoms with E-state index in [1.807, 2.05) is 6.92 Å². The van der Waals surface area contributed by atoms with E-state index in [2.05, 4.69) is 20.4 Å². The van der Waals surface area contributed by atoms with Crippen LogP contribution in [-0.4, -0.2) is 53.5 Å². The number of pyridine rings is 1. The van der Waals surface area contributed by atoms with Gasteiger partial charge in [0.05, 0.1) is 12.2 Å². The van der Waals surface area contributed by atoms with Crippen molar-refractivity contribution in [2.45, 2.75) is 51.6 Å². The highest BCUT2D eigenvalue weighted by Gasteiger charge is 2.28. The van der Waals surface area contributed by atoms with E-state index in [0.29, 0.717) is 45.5 Å². The van der Waals surface area contributed by atoms with Crippen molar-refractivity contribution in [2.24, 2.45) is 0 Å². The monoisotopic (exact) mass is 459 g/mol. The Morgan fingerprint density at radius 3 is 2.62 bits per heavy atom. The van der Waals surface area contributed by atoms with Gasteiger partial charge in [0.2, 0.25) is 0 Å². The molecule has 1 unspecified atom stereocenters. The number of rotatable bonds is 4. The molecule has 1 N–H and O–H groups in total. The predicted molar refractivity (Wildman–Crippen MR) is 122 cm³/mol. The number of halogens is 2. The molecule has 0 spiro atoms. The van der Waals surface area contributed by atoms with Crippen molar-refractivity contribution in [3.05, 3.63) is 34.4 Å². The zero-order valence-electron chi connectivity index (χ0n) is 18.3. The van der Waals surface area contributed by atoms with Crippen LogP contribution in [0, 0.1) is 19.7 Å². The molecule has 32 heavy (non-hydrogen) atoms. The van der Waals surface area contributed by atoms with E-state index in [-0.39, 0.29) is 0 Å². The number of anilines is 1. The maximum absolute atomic E-state index is 14.8. The largest absolute Gasteiger partial charge is 0.380 e. The lowest BCUT2D eigenvalue weighted by Gasteiger charge is -2.36. The van der Waals surface area contributed by atoms with Gasteiger partial charge >= 0.3 is 0 Å². The van der Waals surface area contributed by atoms with Gasteiger partial charge in [-0.15, -0.1) is 0 Å². The van der Waals surface area contributed by atoms with Gasteiger partial charge in [0.25, 0.3) is 5.89 Å². The highest BCUT2D eigenvalue weighted by atomic mass is 35.5. The second-order valence-electron chi connectivity index (χ2n) is 8.71. The number of benzene rings is 1. The molecule has 1 aromatic carbocycles. The molecule has 0 bridgehead atoms. The molecule has 4 heterocycles. The molecule has 170 valence electrons. The van der Waals surface area contributed by atoms with Crippen LogP contribution in [-0.2, 0) is 4.74 Å². The standard InChI is InChI=1S/C23H27ClFN5O2/c1-13-18-10-15(24)11-19(25)21(18)28-22(20(13)23-26-14(2)29-32-23)30-7-5-16(6-8-30)27-17-4-3-9-31-12-17/h10-11,16-17,27H,3-9,12H2,1-2H3. The molecular formula is C23H27ClFN5O2. The lowest BCUT2D eigenvalue weighted by atomic mass is 9.99. The van der Waals surface area contributed by atoms with Crippen LogP contribution < -0.4 is 10.2 Å². The Kier molecular flexibility index (Phi) is 6.01. The third-order valence-electron chi connectivity index (χ3n) is 6.42. The molecule has 0 amide bonds. The highest BCUT2D eigenvalue weighted by molar-refractivity contribution is 6.31. The number of hydrogen-bond acceptors (Lipinski definition) is 7. The molecule has 0 aliphatic carbocycles. The van der Waals surface area contributed by atoms with Crippen LogP contribution in [0.4, 0.5) is 10.2 Å². The Morgan fingerprint density at radius 2 is 1.94 bits per heavy atom. The molecule has 2 aromatic heterocycles. The van der Waals surface area contributed by atoms with Gasteiger partial charge in [-0.25, -0.2) is 9.37 Å². The van der Waals surface area contributed by atoms with E-state index in [9.17, 15) is 4.39 Å². The summed E-state index contributed by atoms with van der Waals surface area (Å²) in [6.45, 7) is 6.96. The summed E-state index contributed by atoms with van der Waals surface area (Å²) >= 11 is 6.14. The van der Waals surface area contributed by atoms with Gasteiger partial charge < -0.3 is 19.5 Å². The van der Waals surface area contributed by atoms with Crippen molar-refractivity contribution in [3.63, 3.8) is 0 Å². The van der Waals surface area contributed by atoms with Crippen LogP contribution in [0.25, 0.3) is 22.4 Å². The summed E-state index contributed by atoms with van der Waals surface area (Å²) in [5.74, 6) is 1.18. The van der Waals surface area contributed by atoms with Gasteiger partial charge in [-0.2, -0.15) is 4.98 Å². The van der Waals surface area contributed by atoms with E-state index >= 15 is 0 Å². The minimum atomic E-state index is -0.432. The fraction of sp³-hybridized carbons (Fsp3) is 0.522. The first kappa shape index (κ1) is 21.6. The van der Waals surface area contributed by atoms with Gasteiger partial charge in [0.15, 0.2) is 11.6 Å². The molecule has 7 nitrogen and oxygen atoms in total. The van der Waals surface area contributed by atoms with Crippen molar-refractivity contribution in [1.82, 2.24) is 20.4 Å². The van der Waals surface area contributed by atoms with Crippen LogP contribution >= 0.6 is 11.6 Å². The van der Waals surface area contributed by atoms with Crippen molar-refractivity contribution >= 4 is 28.3 Å².